The molecule has 4 aromatic rings. The third-order valence-electron chi connectivity index (χ3n) is 5.92. The topological polar surface area (TPSA) is 21.4 Å². The number of benzene rings is 2. The number of furan rings is 1. The number of nitrogens with zero attached hydrogens (tertiary/aromatic N) is 2. The van der Waals surface area contributed by atoms with E-state index in [9.17, 15) is 1.37 Å². The van der Waals surface area contributed by atoms with E-state index in [4.69, 9.17) is 23.3 Å². The Hall–Kier alpha value is -3.12. The first-order valence-corrected chi connectivity index (χ1v) is 10.8. The molecule has 0 N–H and O–H groups in total. The van der Waals surface area contributed by atoms with Gasteiger partial charge in [-0.2, -0.15) is 4.57 Å². The second kappa shape index (κ2) is 8.03. The van der Waals surface area contributed by atoms with Gasteiger partial charge in [-0.1, -0.05) is 58.8 Å². The summed E-state index contributed by atoms with van der Waals surface area (Å²) in [7, 11) is 1.62. The van der Waals surface area contributed by atoms with Gasteiger partial charge in [0.25, 0.3) is 0 Å². The number of aromatic nitrogens is 1. The molecule has 3 nitrogen and oxygen atoms in total. The minimum atomic E-state index is -2.78. The molecular weight excluding hydrogens is 404 g/mol. The molecule has 2 aromatic heterocycles. The van der Waals surface area contributed by atoms with Crippen LogP contribution in [0, 0.1) is 32.7 Å². The van der Waals surface area contributed by atoms with Crippen molar-refractivity contribution in [2.24, 2.45) is 12.5 Å². The maximum absolute atomic E-state index is 9.38. The highest BCUT2D eigenvalue weighted by atomic mass is 16.3. The molecule has 1 atom stereocenters. The fourth-order valence-corrected chi connectivity index (χ4v) is 4.22. The lowest BCUT2D eigenvalue weighted by Gasteiger charge is -2.20. The van der Waals surface area contributed by atoms with E-state index < -0.39 is 31.4 Å². The maximum atomic E-state index is 9.38. The van der Waals surface area contributed by atoms with Crippen LogP contribution in [0.3, 0.4) is 0 Å². The Kier molecular flexibility index (Phi) is 3.30. The highest BCUT2D eigenvalue weighted by Crippen LogP contribution is 2.43. The number of aryl methyl sites for hydroxylation is 1. The van der Waals surface area contributed by atoms with Gasteiger partial charge in [-0.25, -0.2) is 4.85 Å². The lowest BCUT2D eigenvalue weighted by Crippen LogP contribution is -2.36. The quantitative estimate of drug-likeness (QED) is 0.228. The van der Waals surface area contributed by atoms with Crippen LogP contribution < -0.4 is 4.57 Å². The molecule has 1 unspecified atom stereocenters. The third-order valence-corrected chi connectivity index (χ3v) is 5.92. The summed E-state index contributed by atoms with van der Waals surface area (Å²) in [5, 5.41) is 1.03. The molecule has 3 heteroatoms. The Balaban J connectivity index is 2.27. The van der Waals surface area contributed by atoms with Crippen LogP contribution in [0.2, 0.25) is 0 Å². The van der Waals surface area contributed by atoms with Gasteiger partial charge in [0.1, 0.15) is 18.2 Å². The van der Waals surface area contributed by atoms with E-state index in [1.807, 2.05) is 0 Å². The first-order chi connectivity index (χ1) is 19.4. The average molecular weight is 450 g/mol. The molecular formula is C30H35N2O+. The monoisotopic (exact) mass is 449 g/mol. The standard InChI is InChI=1S/C30H35N2O/c1-17(2)26-24(31-9)14-13-23-22-12-11-18(3)27(29(22)33-28(23)26)25-15-21(16-30(6,7)8)19(4)20(5)32(25)10/h11-15,17H,16H2,1-8,10H3/q+1/i1D3,4D3,15D,16D2,17D. The minimum Gasteiger partial charge on any atom is -0.456 e. The SMILES string of the molecule is [2H]c1c(C([2H])([2H])C(C)(C)C)c(C([2H])([2H])[2H])c(C)[n+](C)c1-c1c(C)ccc2c1oc1c(C([2H])(C)C([2H])([2H])[2H])c([N+]#[C-])ccc12. The summed E-state index contributed by atoms with van der Waals surface area (Å²) >= 11 is 0. The van der Waals surface area contributed by atoms with Gasteiger partial charge in [-0.15, -0.1) is 0 Å². The van der Waals surface area contributed by atoms with Gasteiger partial charge in [-0.05, 0) is 42.6 Å². The molecule has 0 saturated carbocycles. The van der Waals surface area contributed by atoms with Gasteiger partial charge in [0.15, 0.2) is 11.4 Å². The normalized spacial score (nSPS) is 19.6. The van der Waals surface area contributed by atoms with E-state index in [2.05, 4.69) is 4.85 Å². The Morgan fingerprint density at radius 3 is 2.55 bits per heavy atom. The van der Waals surface area contributed by atoms with Gasteiger partial charge in [-0.3, -0.25) is 0 Å². The van der Waals surface area contributed by atoms with E-state index in [0.717, 1.165) is 0 Å². The highest BCUT2D eigenvalue weighted by molar-refractivity contribution is 6.11. The summed E-state index contributed by atoms with van der Waals surface area (Å²) < 4.78 is 93.3. The molecule has 2 heterocycles. The van der Waals surface area contributed by atoms with Crippen LogP contribution in [0.25, 0.3) is 38.0 Å². The van der Waals surface area contributed by atoms with Crippen molar-refractivity contribution in [2.75, 3.05) is 0 Å². The Labute approximate surface area is 211 Å². The second-order valence-electron chi connectivity index (χ2n) is 9.55. The fourth-order valence-electron chi connectivity index (χ4n) is 4.22. The number of fused-ring (bicyclic) bond motifs is 3. The summed E-state index contributed by atoms with van der Waals surface area (Å²) in [6.45, 7) is 11.8. The summed E-state index contributed by atoms with van der Waals surface area (Å²) in [6.07, 6.45) is -2.22. The Morgan fingerprint density at radius 2 is 1.91 bits per heavy atom. The van der Waals surface area contributed by atoms with E-state index in [1.165, 1.54) is 13.0 Å². The van der Waals surface area contributed by atoms with Gasteiger partial charge in [0.2, 0.25) is 5.69 Å². The van der Waals surface area contributed by atoms with Crippen LogP contribution in [0.1, 0.15) is 82.1 Å². The van der Waals surface area contributed by atoms with Crippen LogP contribution in [0.5, 0.6) is 0 Å². The van der Waals surface area contributed by atoms with Crippen LogP contribution in [-0.2, 0) is 13.4 Å². The van der Waals surface area contributed by atoms with Crippen molar-refractivity contribution in [3.8, 4) is 11.3 Å². The minimum absolute atomic E-state index is 0.0243. The van der Waals surface area contributed by atoms with Crippen molar-refractivity contribution in [1.82, 2.24) is 0 Å². The number of hydrogen-bond donors (Lipinski definition) is 0. The molecule has 0 amide bonds. The Bertz CT molecular complexity index is 1830. The first kappa shape index (κ1) is 13.6. The molecule has 0 aliphatic carbocycles. The largest absolute Gasteiger partial charge is 0.456 e. The summed E-state index contributed by atoms with van der Waals surface area (Å²) in [5.74, 6) is -2.19. The molecule has 0 spiro atoms. The molecule has 0 aliphatic heterocycles. The predicted molar refractivity (Wildman–Crippen MR) is 138 cm³/mol. The van der Waals surface area contributed by atoms with Gasteiger partial charge in [0, 0.05) is 47.2 Å². The fraction of sp³-hybridized carbons (Fsp3) is 0.400. The van der Waals surface area contributed by atoms with Crippen molar-refractivity contribution in [2.45, 2.75) is 67.5 Å². The van der Waals surface area contributed by atoms with Crippen molar-refractivity contribution in [3.63, 3.8) is 0 Å². The molecule has 170 valence electrons. The molecule has 0 radical (unpaired) electrons. The van der Waals surface area contributed by atoms with E-state index in [-0.39, 0.29) is 51.0 Å². The zero-order chi connectivity index (χ0) is 32.8. The number of rotatable bonds is 3. The summed E-state index contributed by atoms with van der Waals surface area (Å²) in [5.41, 5.74) is 0.264. The van der Waals surface area contributed by atoms with Crippen LogP contribution in [-0.4, -0.2) is 0 Å². The molecule has 0 fully saturated rings. The van der Waals surface area contributed by atoms with E-state index in [0.29, 0.717) is 21.9 Å². The molecule has 2 aromatic carbocycles. The Morgan fingerprint density at radius 1 is 1.21 bits per heavy atom. The van der Waals surface area contributed by atoms with E-state index in [1.54, 1.807) is 64.4 Å². The van der Waals surface area contributed by atoms with Gasteiger partial charge < -0.3 is 4.42 Å². The summed E-state index contributed by atoms with van der Waals surface area (Å²) in [6, 6.07) is 6.38. The van der Waals surface area contributed by atoms with Crippen LogP contribution >= 0.6 is 0 Å². The zero-order valence-corrected chi connectivity index (χ0v) is 20.1. The van der Waals surface area contributed by atoms with Gasteiger partial charge in [0.05, 0.1) is 13.5 Å². The molecule has 0 bridgehead atoms. The van der Waals surface area contributed by atoms with Gasteiger partial charge >= 0.3 is 0 Å². The number of hydrogen-bond acceptors (Lipinski definition) is 1. The lowest BCUT2D eigenvalue weighted by molar-refractivity contribution is -0.667. The number of pyridine rings is 1. The zero-order valence-electron chi connectivity index (χ0n) is 30.1. The second-order valence-corrected chi connectivity index (χ2v) is 9.55. The van der Waals surface area contributed by atoms with Crippen molar-refractivity contribution >= 4 is 27.6 Å². The molecule has 0 aliphatic rings. The van der Waals surface area contributed by atoms with Crippen LogP contribution in [0.4, 0.5) is 5.69 Å². The first-order valence-electron chi connectivity index (χ1n) is 15.8. The smallest absolute Gasteiger partial charge is 0.216 e. The van der Waals surface area contributed by atoms with Crippen LogP contribution in [0.15, 0.2) is 34.7 Å². The molecule has 4 rings (SSSR count). The molecule has 0 saturated heterocycles. The van der Waals surface area contributed by atoms with Crippen molar-refractivity contribution in [1.29, 1.82) is 0 Å². The third kappa shape index (κ3) is 3.82. The predicted octanol–water partition coefficient (Wildman–Crippen LogP) is 8.27. The van der Waals surface area contributed by atoms with E-state index >= 15 is 0 Å². The van der Waals surface area contributed by atoms with Crippen molar-refractivity contribution in [3.05, 3.63) is 69.7 Å². The maximum Gasteiger partial charge on any atom is 0.216 e. The summed E-state index contributed by atoms with van der Waals surface area (Å²) in [4.78, 5) is 3.49. The average Bonchev–Trinajstić information content (AvgIpc) is 3.22. The lowest BCUT2D eigenvalue weighted by atomic mass is 9.85. The highest BCUT2D eigenvalue weighted by Gasteiger charge is 2.27. The van der Waals surface area contributed by atoms with Crippen molar-refractivity contribution < 1.29 is 22.7 Å². The molecule has 33 heavy (non-hydrogen) atoms.